The SMILES string of the molecule is Cc1cccc2nc(C(=O)OC(C)C(=O)NC(N)=O)cn12. The molecule has 0 radical (unpaired) electrons. The molecule has 0 fully saturated rings. The Balaban J connectivity index is 2.13. The van der Waals surface area contributed by atoms with Crippen molar-refractivity contribution in [2.75, 3.05) is 0 Å². The molecule has 0 bridgehead atoms. The lowest BCUT2D eigenvalue weighted by Crippen LogP contribution is -2.42. The van der Waals surface area contributed by atoms with Crippen molar-refractivity contribution in [3.05, 3.63) is 35.8 Å². The Kier molecular flexibility index (Phi) is 3.88. The molecule has 0 aliphatic heterocycles. The van der Waals surface area contributed by atoms with Gasteiger partial charge < -0.3 is 14.9 Å². The number of rotatable bonds is 3. The second-order valence-electron chi connectivity index (χ2n) is 4.42. The van der Waals surface area contributed by atoms with E-state index in [1.807, 2.05) is 24.4 Å². The van der Waals surface area contributed by atoms with E-state index in [-0.39, 0.29) is 5.69 Å². The Morgan fingerprint density at radius 1 is 1.38 bits per heavy atom. The van der Waals surface area contributed by atoms with Crippen LogP contribution in [0.1, 0.15) is 23.1 Å². The van der Waals surface area contributed by atoms with Gasteiger partial charge in [-0.1, -0.05) is 6.07 Å². The van der Waals surface area contributed by atoms with Crippen molar-refractivity contribution < 1.29 is 19.1 Å². The van der Waals surface area contributed by atoms with Crippen LogP contribution in [0.15, 0.2) is 24.4 Å². The highest BCUT2D eigenvalue weighted by Crippen LogP contribution is 2.10. The van der Waals surface area contributed by atoms with Gasteiger partial charge in [0.25, 0.3) is 5.91 Å². The molecule has 8 nitrogen and oxygen atoms in total. The maximum Gasteiger partial charge on any atom is 0.359 e. The number of imide groups is 1. The summed E-state index contributed by atoms with van der Waals surface area (Å²) in [6.45, 7) is 3.20. The summed E-state index contributed by atoms with van der Waals surface area (Å²) in [5.41, 5.74) is 6.38. The molecule has 2 rings (SSSR count). The standard InChI is InChI=1S/C13H14N4O4/c1-7-4-3-5-10-15-9(6-17(7)10)12(19)21-8(2)11(18)16-13(14)20/h3-6,8H,1-2H3,(H3,14,16,18,20). The van der Waals surface area contributed by atoms with Crippen LogP contribution in [0.5, 0.6) is 0 Å². The van der Waals surface area contributed by atoms with E-state index in [0.717, 1.165) is 5.69 Å². The van der Waals surface area contributed by atoms with Crippen LogP contribution in [0.3, 0.4) is 0 Å². The van der Waals surface area contributed by atoms with Crippen LogP contribution in [0.4, 0.5) is 4.79 Å². The quantitative estimate of drug-likeness (QED) is 0.793. The second-order valence-corrected chi connectivity index (χ2v) is 4.42. The zero-order chi connectivity index (χ0) is 15.6. The average molecular weight is 290 g/mol. The maximum atomic E-state index is 11.9. The predicted octanol–water partition coefficient (Wildman–Crippen LogP) is 0.383. The summed E-state index contributed by atoms with van der Waals surface area (Å²) >= 11 is 0. The number of hydrogen-bond donors (Lipinski definition) is 2. The van der Waals surface area contributed by atoms with Crippen molar-refractivity contribution in [1.29, 1.82) is 0 Å². The molecular formula is C13H14N4O4. The number of amides is 3. The fraction of sp³-hybridized carbons (Fsp3) is 0.231. The smallest absolute Gasteiger partial charge is 0.359 e. The van der Waals surface area contributed by atoms with Gasteiger partial charge in [0.05, 0.1) is 0 Å². The molecule has 2 heterocycles. The molecule has 0 spiro atoms. The molecule has 3 N–H and O–H groups in total. The van der Waals surface area contributed by atoms with Crippen LogP contribution < -0.4 is 11.1 Å². The van der Waals surface area contributed by atoms with Gasteiger partial charge in [0.1, 0.15) is 5.65 Å². The summed E-state index contributed by atoms with van der Waals surface area (Å²) in [7, 11) is 0. The second kappa shape index (κ2) is 5.61. The average Bonchev–Trinajstić information content (AvgIpc) is 2.83. The number of aryl methyl sites for hydroxylation is 1. The molecule has 0 saturated carbocycles. The van der Waals surface area contributed by atoms with Crippen molar-refractivity contribution in [3.63, 3.8) is 0 Å². The van der Waals surface area contributed by atoms with E-state index in [1.54, 1.807) is 10.5 Å². The highest BCUT2D eigenvalue weighted by Gasteiger charge is 2.21. The number of urea groups is 1. The monoisotopic (exact) mass is 290 g/mol. The summed E-state index contributed by atoms with van der Waals surface area (Å²) in [4.78, 5) is 38.0. The van der Waals surface area contributed by atoms with Crippen molar-refractivity contribution >= 4 is 23.6 Å². The number of fused-ring (bicyclic) bond motifs is 1. The summed E-state index contributed by atoms with van der Waals surface area (Å²) in [6.07, 6.45) is 0.363. The molecule has 8 heteroatoms. The fourth-order valence-corrected chi connectivity index (χ4v) is 1.74. The number of nitrogens with zero attached hydrogens (tertiary/aromatic N) is 2. The Labute approximate surface area is 119 Å². The summed E-state index contributed by atoms with van der Waals surface area (Å²) < 4.78 is 6.66. The van der Waals surface area contributed by atoms with Crippen molar-refractivity contribution in [2.45, 2.75) is 20.0 Å². The van der Waals surface area contributed by atoms with Crippen LogP contribution in [-0.4, -0.2) is 33.4 Å². The van der Waals surface area contributed by atoms with Gasteiger partial charge in [-0.05, 0) is 26.0 Å². The first-order chi connectivity index (χ1) is 9.88. The number of carbonyl (C=O) groups excluding carboxylic acids is 3. The number of esters is 1. The van der Waals surface area contributed by atoms with E-state index in [2.05, 4.69) is 4.98 Å². The number of pyridine rings is 1. The largest absolute Gasteiger partial charge is 0.448 e. The lowest BCUT2D eigenvalue weighted by Gasteiger charge is -2.10. The van der Waals surface area contributed by atoms with Gasteiger partial charge in [0.2, 0.25) is 0 Å². The van der Waals surface area contributed by atoms with Crippen molar-refractivity contribution in [3.8, 4) is 0 Å². The fourth-order valence-electron chi connectivity index (χ4n) is 1.74. The van der Waals surface area contributed by atoms with Crippen LogP contribution in [0, 0.1) is 6.92 Å². The van der Waals surface area contributed by atoms with Crippen LogP contribution in [0.2, 0.25) is 0 Å². The predicted molar refractivity (Wildman–Crippen MR) is 72.5 cm³/mol. The number of hydrogen-bond acceptors (Lipinski definition) is 5. The Morgan fingerprint density at radius 3 is 2.71 bits per heavy atom. The normalized spacial score (nSPS) is 11.9. The van der Waals surface area contributed by atoms with Gasteiger partial charge in [-0.3, -0.25) is 10.1 Å². The molecule has 0 aromatic carbocycles. The van der Waals surface area contributed by atoms with Crippen molar-refractivity contribution in [2.24, 2.45) is 5.73 Å². The van der Waals surface area contributed by atoms with E-state index >= 15 is 0 Å². The van der Waals surface area contributed by atoms with Gasteiger partial charge >= 0.3 is 12.0 Å². The van der Waals surface area contributed by atoms with E-state index in [0.29, 0.717) is 5.65 Å². The lowest BCUT2D eigenvalue weighted by atomic mass is 10.3. The van der Waals surface area contributed by atoms with E-state index in [9.17, 15) is 14.4 Å². The van der Waals surface area contributed by atoms with Gasteiger partial charge in [-0.25, -0.2) is 14.6 Å². The number of imidazole rings is 1. The number of ether oxygens (including phenoxy) is 1. The van der Waals surface area contributed by atoms with E-state index in [4.69, 9.17) is 10.5 Å². The summed E-state index contributed by atoms with van der Waals surface area (Å²) in [6, 6.07) is 4.42. The first kappa shape index (κ1) is 14.5. The van der Waals surface area contributed by atoms with E-state index < -0.39 is 24.0 Å². The number of carbonyl (C=O) groups is 3. The van der Waals surface area contributed by atoms with E-state index in [1.165, 1.54) is 13.1 Å². The van der Waals surface area contributed by atoms with Gasteiger partial charge in [-0.15, -0.1) is 0 Å². The Hall–Kier alpha value is -2.90. The molecule has 21 heavy (non-hydrogen) atoms. The third-order valence-electron chi connectivity index (χ3n) is 2.80. The van der Waals surface area contributed by atoms with Crippen LogP contribution >= 0.6 is 0 Å². The number of nitrogens with one attached hydrogen (secondary N) is 1. The molecule has 0 aliphatic carbocycles. The lowest BCUT2D eigenvalue weighted by molar-refractivity contribution is -0.127. The van der Waals surface area contributed by atoms with Gasteiger partial charge in [-0.2, -0.15) is 0 Å². The van der Waals surface area contributed by atoms with Gasteiger partial charge in [0, 0.05) is 11.9 Å². The molecule has 0 saturated heterocycles. The molecule has 1 atom stereocenters. The number of primary amides is 1. The molecule has 1 unspecified atom stereocenters. The van der Waals surface area contributed by atoms with Gasteiger partial charge in [0.15, 0.2) is 11.8 Å². The Bertz CT molecular complexity index is 722. The third kappa shape index (κ3) is 3.16. The minimum atomic E-state index is -1.16. The van der Waals surface area contributed by atoms with Crippen molar-refractivity contribution in [1.82, 2.24) is 14.7 Å². The molecule has 2 aromatic heterocycles. The molecule has 110 valence electrons. The zero-order valence-electron chi connectivity index (χ0n) is 11.5. The topological polar surface area (TPSA) is 116 Å². The first-order valence-corrected chi connectivity index (χ1v) is 6.14. The highest BCUT2D eigenvalue weighted by molar-refractivity contribution is 5.97. The first-order valence-electron chi connectivity index (χ1n) is 6.14. The highest BCUT2D eigenvalue weighted by atomic mass is 16.5. The third-order valence-corrected chi connectivity index (χ3v) is 2.80. The summed E-state index contributed by atoms with van der Waals surface area (Å²) in [5, 5.41) is 1.83. The van der Waals surface area contributed by atoms with Crippen LogP contribution in [-0.2, 0) is 9.53 Å². The molecule has 3 amide bonds. The Morgan fingerprint density at radius 2 is 2.10 bits per heavy atom. The molecule has 2 aromatic rings. The number of nitrogens with two attached hydrogens (primary N) is 1. The summed E-state index contributed by atoms with van der Waals surface area (Å²) in [5.74, 6) is -1.55. The number of aromatic nitrogens is 2. The molecular weight excluding hydrogens is 276 g/mol. The maximum absolute atomic E-state index is 11.9. The zero-order valence-corrected chi connectivity index (χ0v) is 11.5. The minimum absolute atomic E-state index is 0.0722. The van der Waals surface area contributed by atoms with Crippen LogP contribution in [0.25, 0.3) is 5.65 Å². The molecule has 0 aliphatic rings. The minimum Gasteiger partial charge on any atom is -0.448 e.